The molecule has 2 N–H and O–H groups in total. The van der Waals surface area contributed by atoms with E-state index in [-0.39, 0.29) is 23.7 Å². The predicted octanol–water partition coefficient (Wildman–Crippen LogP) is 5.23. The summed E-state index contributed by atoms with van der Waals surface area (Å²) in [6.45, 7) is 5.73. The van der Waals surface area contributed by atoms with Crippen molar-refractivity contribution in [3.63, 3.8) is 0 Å². The van der Waals surface area contributed by atoms with E-state index in [1.54, 1.807) is 18.3 Å². The van der Waals surface area contributed by atoms with Crippen LogP contribution in [0.1, 0.15) is 56.3 Å². The maximum Gasteiger partial charge on any atom is 0.308 e. The zero-order chi connectivity index (χ0) is 26.1. The van der Waals surface area contributed by atoms with Gasteiger partial charge in [-0.15, -0.1) is 0 Å². The Balaban J connectivity index is 1.22. The molecule has 1 aromatic heterocycles. The molecule has 196 valence electrons. The van der Waals surface area contributed by atoms with Crippen LogP contribution in [0, 0.1) is 29.1 Å². The average Bonchev–Trinajstić information content (AvgIpc) is 3.34. The fourth-order valence-corrected chi connectivity index (χ4v) is 6.81. The third kappa shape index (κ3) is 5.50. The van der Waals surface area contributed by atoms with Crippen LogP contribution in [0.5, 0.6) is 0 Å². The highest BCUT2D eigenvalue weighted by Crippen LogP contribution is 2.38. The number of hydrogen-bond donors (Lipinski definition) is 2. The number of anilines is 2. The lowest BCUT2D eigenvalue weighted by Gasteiger charge is -2.48. The second-order valence-electron chi connectivity index (χ2n) is 10.6. The molecule has 0 radical (unpaired) electrons. The first-order valence-corrected chi connectivity index (χ1v) is 13.8. The Morgan fingerprint density at radius 3 is 2.73 bits per heavy atom. The monoisotopic (exact) mass is 542 g/mol. The topological polar surface area (TPSA) is 105 Å². The van der Waals surface area contributed by atoms with Gasteiger partial charge in [0.25, 0.3) is 0 Å². The van der Waals surface area contributed by atoms with Gasteiger partial charge >= 0.3 is 5.97 Å². The molecule has 3 heterocycles. The van der Waals surface area contributed by atoms with Crippen LogP contribution in [0.2, 0.25) is 10.0 Å². The van der Waals surface area contributed by atoms with Crippen molar-refractivity contribution in [3.05, 3.63) is 45.7 Å². The molecule has 5 rings (SSSR count). The zero-order valence-electron chi connectivity index (χ0n) is 20.9. The maximum atomic E-state index is 11.7. The SMILES string of the molecule is CC(Nc1nc(N2CC(C3CCCN(C4CCCC4C(=O)O)C3)C2)cnc1C#N)c1ccc(Cl)cc1Cl. The molecular weight excluding hydrogens is 511 g/mol. The summed E-state index contributed by atoms with van der Waals surface area (Å²) < 4.78 is 0. The molecule has 1 aromatic carbocycles. The van der Waals surface area contributed by atoms with Gasteiger partial charge in [-0.25, -0.2) is 9.97 Å². The Kier molecular flexibility index (Phi) is 7.75. The highest BCUT2D eigenvalue weighted by atomic mass is 35.5. The van der Waals surface area contributed by atoms with E-state index in [0.717, 1.165) is 63.2 Å². The quantitative estimate of drug-likeness (QED) is 0.489. The number of aliphatic carboxylic acids is 1. The van der Waals surface area contributed by atoms with Crippen LogP contribution >= 0.6 is 23.2 Å². The lowest BCUT2D eigenvalue weighted by molar-refractivity contribution is -0.143. The van der Waals surface area contributed by atoms with Crippen molar-refractivity contribution in [1.29, 1.82) is 5.26 Å². The third-order valence-electron chi connectivity index (χ3n) is 8.30. The van der Waals surface area contributed by atoms with Crippen molar-refractivity contribution < 1.29 is 9.90 Å². The minimum atomic E-state index is -0.643. The molecule has 2 aliphatic heterocycles. The molecular formula is C27H32Cl2N6O2. The number of carboxylic acids is 1. The number of carboxylic acid groups (broad SMARTS) is 1. The van der Waals surface area contributed by atoms with Crippen LogP contribution in [-0.2, 0) is 4.79 Å². The number of hydrogen-bond acceptors (Lipinski definition) is 7. The first-order valence-electron chi connectivity index (χ1n) is 13.0. The van der Waals surface area contributed by atoms with Crippen molar-refractivity contribution in [2.75, 3.05) is 36.4 Å². The summed E-state index contributed by atoms with van der Waals surface area (Å²) >= 11 is 12.4. The van der Waals surface area contributed by atoms with E-state index in [0.29, 0.717) is 27.7 Å². The van der Waals surface area contributed by atoms with E-state index < -0.39 is 5.97 Å². The van der Waals surface area contributed by atoms with Crippen LogP contribution in [-0.4, -0.2) is 58.2 Å². The number of nitriles is 1. The van der Waals surface area contributed by atoms with E-state index in [2.05, 4.69) is 26.2 Å². The highest BCUT2D eigenvalue weighted by molar-refractivity contribution is 6.35. The van der Waals surface area contributed by atoms with E-state index >= 15 is 0 Å². The average molecular weight is 543 g/mol. The maximum absolute atomic E-state index is 11.7. The zero-order valence-corrected chi connectivity index (χ0v) is 22.4. The van der Waals surface area contributed by atoms with Gasteiger partial charge < -0.3 is 15.3 Å². The number of piperidine rings is 1. The Morgan fingerprint density at radius 1 is 1.19 bits per heavy atom. The lowest BCUT2D eigenvalue weighted by atomic mass is 9.80. The van der Waals surface area contributed by atoms with Crippen LogP contribution < -0.4 is 10.2 Å². The normalized spacial score (nSPS) is 25.4. The smallest absolute Gasteiger partial charge is 0.308 e. The fourth-order valence-electron chi connectivity index (χ4n) is 6.24. The number of carbonyl (C=O) groups is 1. The van der Waals surface area contributed by atoms with Gasteiger partial charge in [0.2, 0.25) is 0 Å². The first-order chi connectivity index (χ1) is 17.8. The Morgan fingerprint density at radius 2 is 2.00 bits per heavy atom. The summed E-state index contributed by atoms with van der Waals surface area (Å²) in [5.41, 5.74) is 1.10. The third-order valence-corrected chi connectivity index (χ3v) is 8.87. The molecule has 4 atom stereocenters. The van der Waals surface area contributed by atoms with E-state index in [1.165, 1.54) is 6.42 Å². The first kappa shape index (κ1) is 26.0. The van der Waals surface area contributed by atoms with Crippen LogP contribution in [0.25, 0.3) is 0 Å². The summed E-state index contributed by atoms with van der Waals surface area (Å²) in [5, 5.41) is 23.6. The minimum Gasteiger partial charge on any atom is -0.481 e. The van der Waals surface area contributed by atoms with Gasteiger partial charge in [0, 0.05) is 35.7 Å². The van der Waals surface area contributed by atoms with Gasteiger partial charge in [-0.05, 0) is 68.7 Å². The van der Waals surface area contributed by atoms with E-state index in [4.69, 9.17) is 28.2 Å². The number of nitrogens with one attached hydrogen (secondary N) is 1. The van der Waals surface area contributed by atoms with Crippen molar-refractivity contribution >= 4 is 40.8 Å². The molecule has 1 saturated carbocycles. The molecule has 4 unspecified atom stereocenters. The largest absolute Gasteiger partial charge is 0.481 e. The van der Waals surface area contributed by atoms with Gasteiger partial charge in [-0.1, -0.05) is 35.7 Å². The fraction of sp³-hybridized carbons (Fsp3) is 0.556. The van der Waals surface area contributed by atoms with Crippen LogP contribution in [0.4, 0.5) is 11.6 Å². The van der Waals surface area contributed by atoms with Crippen molar-refractivity contribution in [2.24, 2.45) is 17.8 Å². The molecule has 3 aliphatic rings. The van der Waals surface area contributed by atoms with Gasteiger partial charge in [0.05, 0.1) is 18.2 Å². The molecule has 10 heteroatoms. The Hall–Kier alpha value is -2.60. The summed E-state index contributed by atoms with van der Waals surface area (Å²) in [6, 6.07) is 7.47. The number of aromatic nitrogens is 2. The Labute approximate surface area is 227 Å². The summed E-state index contributed by atoms with van der Waals surface area (Å²) in [4.78, 5) is 25.5. The molecule has 2 saturated heterocycles. The summed E-state index contributed by atoms with van der Waals surface area (Å²) in [6.07, 6.45) is 6.79. The molecule has 0 amide bonds. The van der Waals surface area contributed by atoms with Crippen LogP contribution in [0.15, 0.2) is 24.4 Å². The highest BCUT2D eigenvalue weighted by Gasteiger charge is 2.42. The minimum absolute atomic E-state index is 0.186. The van der Waals surface area contributed by atoms with Crippen molar-refractivity contribution in [2.45, 2.75) is 51.1 Å². The lowest BCUT2D eigenvalue weighted by Crippen LogP contribution is -2.55. The van der Waals surface area contributed by atoms with E-state index in [1.807, 2.05) is 13.0 Å². The standard InChI is InChI=1S/C27H32Cl2N6O2/c1-16(20-8-7-19(28)10-22(20)29)32-26-23(11-30)31-12-25(33-26)35-14-18(15-35)17-4-3-9-34(13-17)24-6-2-5-21(24)27(36)37/h7-8,10,12,16-18,21,24H,2-6,9,13-15H2,1H3,(H,32,33)(H,36,37). The second-order valence-corrected chi connectivity index (χ2v) is 11.4. The van der Waals surface area contributed by atoms with Crippen molar-refractivity contribution in [3.8, 4) is 6.07 Å². The number of halogens is 2. The number of likely N-dealkylation sites (tertiary alicyclic amines) is 1. The number of benzene rings is 1. The van der Waals surface area contributed by atoms with Gasteiger partial charge in [-0.3, -0.25) is 9.69 Å². The molecule has 1 aliphatic carbocycles. The van der Waals surface area contributed by atoms with E-state index in [9.17, 15) is 15.2 Å². The molecule has 2 aromatic rings. The molecule has 3 fully saturated rings. The number of rotatable bonds is 7. The van der Waals surface area contributed by atoms with Gasteiger partial charge in [-0.2, -0.15) is 5.26 Å². The summed E-state index contributed by atoms with van der Waals surface area (Å²) in [5.74, 6) is 1.44. The summed E-state index contributed by atoms with van der Waals surface area (Å²) in [7, 11) is 0. The molecule has 0 spiro atoms. The molecule has 37 heavy (non-hydrogen) atoms. The van der Waals surface area contributed by atoms with Crippen LogP contribution in [0.3, 0.4) is 0 Å². The van der Waals surface area contributed by atoms with Crippen molar-refractivity contribution in [1.82, 2.24) is 14.9 Å². The predicted molar refractivity (Wildman–Crippen MR) is 144 cm³/mol. The Bertz CT molecular complexity index is 1200. The molecule has 8 nitrogen and oxygen atoms in total. The molecule has 0 bridgehead atoms. The van der Waals surface area contributed by atoms with Gasteiger partial charge in [0.1, 0.15) is 11.9 Å². The number of nitrogens with zero attached hydrogens (tertiary/aromatic N) is 5. The van der Waals surface area contributed by atoms with Gasteiger partial charge in [0.15, 0.2) is 11.5 Å². The second kappa shape index (κ2) is 11.0.